The molecule has 0 saturated heterocycles. The number of nitrogens with one attached hydrogen (secondary N) is 1. The number of nitrogens with two attached hydrogens (primary N) is 1. The van der Waals surface area contributed by atoms with Crippen LogP contribution in [-0.4, -0.2) is 26.4 Å². The Morgan fingerprint density at radius 2 is 2.05 bits per heavy atom. The van der Waals surface area contributed by atoms with Crippen LogP contribution in [0.2, 0.25) is 0 Å². The zero-order valence-corrected chi connectivity index (χ0v) is 12.4. The van der Waals surface area contributed by atoms with Crippen LogP contribution < -0.4 is 11.1 Å². The third-order valence-electron chi connectivity index (χ3n) is 4.18. The second-order valence-electron chi connectivity index (χ2n) is 5.38. The molecule has 0 radical (unpaired) electrons. The minimum atomic E-state index is -0.562. The molecule has 0 atom stereocenters. The van der Waals surface area contributed by atoms with E-state index in [-0.39, 0.29) is 5.91 Å². The molecule has 1 saturated carbocycles. The van der Waals surface area contributed by atoms with Crippen LogP contribution in [0.3, 0.4) is 0 Å². The summed E-state index contributed by atoms with van der Waals surface area (Å²) in [6.45, 7) is 2.19. The molecule has 20 heavy (non-hydrogen) atoms. The van der Waals surface area contributed by atoms with Crippen molar-refractivity contribution in [3.05, 3.63) is 24.3 Å². The number of amides is 1. The molecule has 108 valence electrons. The summed E-state index contributed by atoms with van der Waals surface area (Å²) in [7, 11) is 0. The van der Waals surface area contributed by atoms with Crippen molar-refractivity contribution < 1.29 is 4.79 Å². The predicted molar refractivity (Wildman–Crippen MR) is 81.3 cm³/mol. The first-order valence-corrected chi connectivity index (χ1v) is 7.35. The van der Waals surface area contributed by atoms with E-state index < -0.39 is 5.54 Å². The van der Waals surface area contributed by atoms with Gasteiger partial charge in [-0.25, -0.2) is 9.97 Å². The van der Waals surface area contributed by atoms with Crippen molar-refractivity contribution in [2.45, 2.75) is 44.6 Å². The van der Waals surface area contributed by atoms with Gasteiger partial charge in [0.15, 0.2) is 0 Å². The standard InChI is InChI=1S/C14H20N4OS/c1-2-10-3-5-14(6-4-10,13(15)20)18-12(19)11-7-16-9-17-8-11/h7-10H,2-6H2,1H3,(H2,15,20)(H,18,19). The Balaban J connectivity index is 2.11. The Morgan fingerprint density at radius 1 is 1.45 bits per heavy atom. The fraction of sp³-hybridized carbons (Fsp3) is 0.571. The Kier molecular flexibility index (Phi) is 4.65. The van der Waals surface area contributed by atoms with E-state index in [4.69, 9.17) is 18.0 Å². The Bertz CT molecular complexity index is 483. The molecule has 6 heteroatoms. The summed E-state index contributed by atoms with van der Waals surface area (Å²) in [4.78, 5) is 20.4. The summed E-state index contributed by atoms with van der Waals surface area (Å²) in [5.41, 5.74) is 5.77. The van der Waals surface area contributed by atoms with Crippen molar-refractivity contribution in [1.82, 2.24) is 15.3 Å². The first kappa shape index (κ1) is 14.8. The van der Waals surface area contributed by atoms with Crippen molar-refractivity contribution in [3.8, 4) is 0 Å². The number of nitrogens with zero attached hydrogens (tertiary/aromatic N) is 2. The molecular weight excluding hydrogens is 272 g/mol. The SMILES string of the molecule is CCC1CCC(NC(=O)c2cncnc2)(C(N)=S)CC1. The Morgan fingerprint density at radius 3 is 2.55 bits per heavy atom. The fourth-order valence-corrected chi connectivity index (χ4v) is 2.97. The monoisotopic (exact) mass is 292 g/mol. The van der Waals surface area contributed by atoms with Gasteiger partial charge in [0.2, 0.25) is 0 Å². The predicted octanol–water partition coefficient (Wildman–Crippen LogP) is 1.83. The molecule has 1 aliphatic carbocycles. The average molecular weight is 292 g/mol. The molecule has 3 N–H and O–H groups in total. The molecule has 5 nitrogen and oxygen atoms in total. The maximum atomic E-state index is 12.3. The van der Waals surface area contributed by atoms with Gasteiger partial charge in [0, 0.05) is 12.4 Å². The van der Waals surface area contributed by atoms with E-state index in [9.17, 15) is 4.79 Å². The van der Waals surface area contributed by atoms with Gasteiger partial charge in [0.25, 0.3) is 5.91 Å². The molecule has 0 unspecified atom stereocenters. The third-order valence-corrected chi connectivity index (χ3v) is 4.57. The van der Waals surface area contributed by atoms with Crippen LogP contribution in [-0.2, 0) is 0 Å². The van der Waals surface area contributed by atoms with E-state index in [1.54, 1.807) is 0 Å². The smallest absolute Gasteiger partial charge is 0.255 e. The van der Waals surface area contributed by atoms with Crippen molar-refractivity contribution in [1.29, 1.82) is 0 Å². The minimum Gasteiger partial charge on any atom is -0.391 e. The molecule has 1 aromatic heterocycles. The van der Waals surface area contributed by atoms with Crippen LogP contribution in [0.1, 0.15) is 49.4 Å². The first-order chi connectivity index (χ1) is 9.57. The number of hydrogen-bond acceptors (Lipinski definition) is 4. The molecule has 1 fully saturated rings. The van der Waals surface area contributed by atoms with Crippen molar-refractivity contribution in [2.24, 2.45) is 11.7 Å². The van der Waals surface area contributed by atoms with Gasteiger partial charge in [0.05, 0.1) is 16.1 Å². The summed E-state index contributed by atoms with van der Waals surface area (Å²) in [6.07, 6.45) is 9.24. The summed E-state index contributed by atoms with van der Waals surface area (Å²) < 4.78 is 0. The number of thiocarbonyl (C=S) groups is 1. The zero-order chi connectivity index (χ0) is 14.6. The molecule has 1 amide bonds. The molecule has 0 bridgehead atoms. The molecule has 2 rings (SSSR count). The first-order valence-electron chi connectivity index (χ1n) is 6.95. The molecule has 1 aliphatic rings. The number of hydrogen-bond donors (Lipinski definition) is 2. The van der Waals surface area contributed by atoms with E-state index in [2.05, 4.69) is 22.2 Å². The quantitative estimate of drug-likeness (QED) is 0.828. The van der Waals surface area contributed by atoms with Crippen LogP contribution in [0.4, 0.5) is 0 Å². The van der Waals surface area contributed by atoms with E-state index in [1.165, 1.54) is 18.7 Å². The summed E-state index contributed by atoms with van der Waals surface area (Å²) >= 11 is 5.20. The molecule has 1 aromatic rings. The van der Waals surface area contributed by atoms with Crippen LogP contribution >= 0.6 is 12.2 Å². The van der Waals surface area contributed by atoms with Gasteiger partial charge in [-0.05, 0) is 31.6 Å². The molecule has 1 heterocycles. The number of carbonyl (C=O) groups is 1. The van der Waals surface area contributed by atoms with Gasteiger partial charge in [-0.1, -0.05) is 25.6 Å². The molecule has 0 aliphatic heterocycles. The normalized spacial score (nSPS) is 25.9. The second kappa shape index (κ2) is 6.26. The lowest BCUT2D eigenvalue weighted by atomic mass is 9.75. The van der Waals surface area contributed by atoms with Crippen molar-refractivity contribution in [2.75, 3.05) is 0 Å². The summed E-state index contributed by atoms with van der Waals surface area (Å²) in [5, 5.41) is 3.01. The van der Waals surface area contributed by atoms with Crippen LogP contribution in [0.5, 0.6) is 0 Å². The third kappa shape index (κ3) is 3.12. The molecular formula is C14H20N4OS. The van der Waals surface area contributed by atoms with Gasteiger partial charge in [-0.15, -0.1) is 0 Å². The topological polar surface area (TPSA) is 80.9 Å². The van der Waals surface area contributed by atoms with Gasteiger partial charge < -0.3 is 11.1 Å². The Labute approximate surface area is 124 Å². The van der Waals surface area contributed by atoms with Crippen molar-refractivity contribution >= 4 is 23.1 Å². The van der Waals surface area contributed by atoms with E-state index >= 15 is 0 Å². The number of aromatic nitrogens is 2. The number of carbonyl (C=O) groups excluding carboxylic acids is 1. The highest BCUT2D eigenvalue weighted by Crippen LogP contribution is 2.34. The highest BCUT2D eigenvalue weighted by atomic mass is 32.1. The lowest BCUT2D eigenvalue weighted by molar-refractivity contribution is 0.0897. The minimum absolute atomic E-state index is 0.214. The number of rotatable bonds is 4. The van der Waals surface area contributed by atoms with E-state index in [0.29, 0.717) is 16.5 Å². The van der Waals surface area contributed by atoms with Gasteiger partial charge in [-0.2, -0.15) is 0 Å². The van der Waals surface area contributed by atoms with Gasteiger partial charge in [0.1, 0.15) is 6.33 Å². The highest BCUT2D eigenvalue weighted by molar-refractivity contribution is 7.80. The molecule has 0 aromatic carbocycles. The van der Waals surface area contributed by atoms with Crippen LogP contribution in [0.15, 0.2) is 18.7 Å². The fourth-order valence-electron chi connectivity index (χ4n) is 2.72. The average Bonchev–Trinajstić information content (AvgIpc) is 2.48. The highest BCUT2D eigenvalue weighted by Gasteiger charge is 2.39. The van der Waals surface area contributed by atoms with Gasteiger partial charge in [-0.3, -0.25) is 4.79 Å². The van der Waals surface area contributed by atoms with Crippen molar-refractivity contribution in [3.63, 3.8) is 0 Å². The largest absolute Gasteiger partial charge is 0.391 e. The maximum absolute atomic E-state index is 12.3. The molecule has 0 spiro atoms. The van der Waals surface area contributed by atoms with Gasteiger partial charge >= 0.3 is 0 Å². The second-order valence-corrected chi connectivity index (χ2v) is 5.82. The Hall–Kier alpha value is -1.56. The van der Waals surface area contributed by atoms with Crippen LogP contribution in [0, 0.1) is 5.92 Å². The van der Waals surface area contributed by atoms with Crippen LogP contribution in [0.25, 0.3) is 0 Å². The maximum Gasteiger partial charge on any atom is 0.255 e. The lowest BCUT2D eigenvalue weighted by Gasteiger charge is -2.39. The lowest BCUT2D eigenvalue weighted by Crippen LogP contribution is -2.58. The van der Waals surface area contributed by atoms with E-state index in [0.717, 1.165) is 32.1 Å². The summed E-state index contributed by atoms with van der Waals surface area (Å²) in [6, 6.07) is 0. The summed E-state index contributed by atoms with van der Waals surface area (Å²) in [5.74, 6) is 0.489. The zero-order valence-electron chi connectivity index (χ0n) is 11.6. The van der Waals surface area contributed by atoms with E-state index in [1.807, 2.05) is 0 Å².